The van der Waals surface area contributed by atoms with E-state index in [1.54, 1.807) is 32.2 Å². The van der Waals surface area contributed by atoms with Crippen LogP contribution in [0.2, 0.25) is 0 Å². The Labute approximate surface area is 137 Å². The van der Waals surface area contributed by atoms with E-state index in [2.05, 4.69) is 26.8 Å². The smallest absolute Gasteiger partial charge is 0.269 e. The lowest BCUT2D eigenvalue weighted by Gasteiger charge is -2.10. The number of hydrogen-bond donors (Lipinski definition) is 2. The van der Waals surface area contributed by atoms with Gasteiger partial charge in [-0.15, -0.1) is 0 Å². The van der Waals surface area contributed by atoms with Crippen LogP contribution in [0.5, 0.6) is 5.75 Å². The van der Waals surface area contributed by atoms with Crippen LogP contribution in [-0.4, -0.2) is 45.4 Å². The maximum absolute atomic E-state index is 11.9. The normalized spacial score (nSPS) is 10.1. The van der Waals surface area contributed by atoms with E-state index in [4.69, 9.17) is 14.2 Å². The molecule has 0 unspecified atom stereocenters. The second-order valence-electron chi connectivity index (χ2n) is 4.13. The van der Waals surface area contributed by atoms with E-state index in [9.17, 15) is 9.59 Å². The average Bonchev–Trinajstić information content (AvgIpc) is 2.52. The van der Waals surface area contributed by atoms with Crippen molar-refractivity contribution in [1.29, 1.82) is 0 Å². The summed E-state index contributed by atoms with van der Waals surface area (Å²) in [7, 11) is 1.59. The molecule has 0 aromatic heterocycles. The number of methoxy groups -OCH3 is 1. The fraction of sp³-hybridized carbons (Fsp3) is 0.429. The molecule has 0 aliphatic heterocycles. The van der Waals surface area contributed by atoms with Gasteiger partial charge in [0.15, 0.2) is 0 Å². The number of ether oxygens (including phenoxy) is 3. The minimum Gasteiger partial charge on any atom is -0.490 e. The third-order valence-electron chi connectivity index (χ3n) is 2.49. The first-order valence-electron chi connectivity index (χ1n) is 6.66. The Morgan fingerprint density at radius 1 is 1.23 bits per heavy atom. The molecule has 0 bridgehead atoms. The molecule has 0 saturated carbocycles. The maximum Gasteiger partial charge on any atom is 0.269 e. The monoisotopic (exact) mass is 374 g/mol. The van der Waals surface area contributed by atoms with Crippen LogP contribution in [0.4, 0.5) is 0 Å². The molecule has 0 atom stereocenters. The Kier molecular flexibility index (Phi) is 8.49. The lowest BCUT2D eigenvalue weighted by atomic mass is 10.2. The molecule has 0 aliphatic carbocycles. The highest BCUT2D eigenvalue weighted by Gasteiger charge is 2.10. The number of rotatable bonds is 8. The summed E-state index contributed by atoms with van der Waals surface area (Å²) < 4.78 is 15.9. The van der Waals surface area contributed by atoms with Gasteiger partial charge in [-0.05, 0) is 41.1 Å². The molecule has 0 radical (unpaired) electrons. The number of amides is 2. The van der Waals surface area contributed by atoms with Crippen molar-refractivity contribution in [2.75, 3.05) is 33.5 Å². The number of halogens is 1. The topological polar surface area (TPSA) is 85.9 Å². The van der Waals surface area contributed by atoms with Gasteiger partial charge in [0.25, 0.3) is 11.8 Å². The van der Waals surface area contributed by atoms with Crippen molar-refractivity contribution < 1.29 is 23.8 Å². The summed E-state index contributed by atoms with van der Waals surface area (Å²) in [5, 5.41) is 0. The quantitative estimate of drug-likeness (QED) is 0.528. The molecule has 0 spiro atoms. The van der Waals surface area contributed by atoms with Gasteiger partial charge >= 0.3 is 0 Å². The van der Waals surface area contributed by atoms with Crippen molar-refractivity contribution in [2.24, 2.45) is 0 Å². The van der Waals surface area contributed by atoms with Crippen LogP contribution in [0, 0.1) is 0 Å². The van der Waals surface area contributed by atoms with Gasteiger partial charge in [0.1, 0.15) is 19.0 Å². The van der Waals surface area contributed by atoms with Gasteiger partial charge in [-0.1, -0.05) is 0 Å². The summed E-state index contributed by atoms with van der Waals surface area (Å²) in [6.45, 7) is 2.99. The summed E-state index contributed by atoms with van der Waals surface area (Å²) in [5.41, 5.74) is 4.95. The maximum atomic E-state index is 11.9. The standard InChI is InChI=1S/C14H19BrN2O5/c1-3-21-9-13(18)16-17-14(19)10-4-5-12(11(15)8-10)22-7-6-20-2/h4-5,8H,3,6-7,9H2,1-2H3,(H,16,18)(H,17,19). The van der Waals surface area contributed by atoms with Gasteiger partial charge < -0.3 is 14.2 Å². The Balaban J connectivity index is 2.52. The van der Waals surface area contributed by atoms with Crippen LogP contribution in [-0.2, 0) is 14.3 Å². The molecule has 0 aliphatic rings. The van der Waals surface area contributed by atoms with Crippen LogP contribution in [0.1, 0.15) is 17.3 Å². The van der Waals surface area contributed by atoms with Gasteiger partial charge in [-0.2, -0.15) is 0 Å². The van der Waals surface area contributed by atoms with Crippen molar-refractivity contribution >= 4 is 27.7 Å². The van der Waals surface area contributed by atoms with Crippen LogP contribution >= 0.6 is 15.9 Å². The fourth-order valence-corrected chi connectivity index (χ4v) is 1.92. The van der Waals surface area contributed by atoms with Crippen molar-refractivity contribution in [3.05, 3.63) is 28.2 Å². The van der Waals surface area contributed by atoms with Crippen molar-refractivity contribution in [2.45, 2.75) is 6.92 Å². The summed E-state index contributed by atoms with van der Waals surface area (Å²) in [4.78, 5) is 23.2. The summed E-state index contributed by atoms with van der Waals surface area (Å²) in [6.07, 6.45) is 0. The number of nitrogens with one attached hydrogen (secondary N) is 2. The third kappa shape index (κ3) is 6.42. The molecular formula is C14H19BrN2O5. The Hall–Kier alpha value is -1.64. The molecule has 1 aromatic carbocycles. The van der Waals surface area contributed by atoms with Crippen LogP contribution in [0.3, 0.4) is 0 Å². The molecule has 1 aromatic rings. The van der Waals surface area contributed by atoms with Gasteiger partial charge in [0.2, 0.25) is 0 Å². The molecule has 7 nitrogen and oxygen atoms in total. The van der Waals surface area contributed by atoms with E-state index < -0.39 is 11.8 Å². The first-order valence-corrected chi connectivity index (χ1v) is 7.46. The number of carbonyl (C=O) groups excluding carboxylic acids is 2. The first kappa shape index (κ1) is 18.4. The van der Waals surface area contributed by atoms with Gasteiger partial charge in [-0.25, -0.2) is 0 Å². The molecule has 1 rings (SSSR count). The highest BCUT2D eigenvalue weighted by Crippen LogP contribution is 2.25. The minimum atomic E-state index is -0.436. The van der Waals surface area contributed by atoms with E-state index in [0.717, 1.165) is 0 Å². The van der Waals surface area contributed by atoms with Crippen molar-refractivity contribution in [3.8, 4) is 5.75 Å². The van der Waals surface area contributed by atoms with Gasteiger partial charge in [0.05, 0.1) is 11.1 Å². The molecule has 122 valence electrons. The second kappa shape index (κ2) is 10.1. The molecule has 2 N–H and O–H groups in total. The molecule has 0 saturated heterocycles. The van der Waals surface area contributed by atoms with Crippen LogP contribution < -0.4 is 15.6 Å². The predicted molar refractivity (Wildman–Crippen MR) is 83.6 cm³/mol. The fourth-order valence-electron chi connectivity index (χ4n) is 1.42. The molecule has 8 heteroatoms. The number of carbonyl (C=O) groups is 2. The Bertz CT molecular complexity index is 510. The van der Waals surface area contributed by atoms with Crippen LogP contribution in [0.15, 0.2) is 22.7 Å². The summed E-state index contributed by atoms with van der Waals surface area (Å²) in [6, 6.07) is 4.86. The highest BCUT2D eigenvalue weighted by molar-refractivity contribution is 9.10. The van der Waals surface area contributed by atoms with E-state index in [0.29, 0.717) is 35.6 Å². The molecular weight excluding hydrogens is 356 g/mol. The van der Waals surface area contributed by atoms with E-state index in [1.165, 1.54) is 0 Å². The average molecular weight is 375 g/mol. The zero-order valence-corrected chi connectivity index (χ0v) is 14.1. The van der Waals surface area contributed by atoms with Crippen molar-refractivity contribution in [3.63, 3.8) is 0 Å². The van der Waals surface area contributed by atoms with E-state index in [-0.39, 0.29) is 6.61 Å². The van der Waals surface area contributed by atoms with Gasteiger partial charge in [-0.3, -0.25) is 20.4 Å². The van der Waals surface area contributed by atoms with E-state index >= 15 is 0 Å². The van der Waals surface area contributed by atoms with Crippen LogP contribution in [0.25, 0.3) is 0 Å². The van der Waals surface area contributed by atoms with Gasteiger partial charge in [0, 0.05) is 19.3 Å². The molecule has 2 amide bonds. The second-order valence-corrected chi connectivity index (χ2v) is 4.98. The number of hydrogen-bond acceptors (Lipinski definition) is 5. The van der Waals surface area contributed by atoms with E-state index in [1.807, 2.05) is 0 Å². The lowest BCUT2D eigenvalue weighted by Crippen LogP contribution is -2.43. The first-order chi connectivity index (χ1) is 10.6. The highest BCUT2D eigenvalue weighted by atomic mass is 79.9. The largest absolute Gasteiger partial charge is 0.490 e. The number of benzene rings is 1. The lowest BCUT2D eigenvalue weighted by molar-refractivity contribution is -0.126. The molecule has 22 heavy (non-hydrogen) atoms. The predicted octanol–water partition coefficient (Wildman–Crippen LogP) is 1.27. The number of hydrazine groups is 1. The zero-order chi connectivity index (χ0) is 16.4. The zero-order valence-electron chi connectivity index (χ0n) is 12.5. The van der Waals surface area contributed by atoms with Crippen molar-refractivity contribution in [1.82, 2.24) is 10.9 Å². The molecule has 0 heterocycles. The summed E-state index contributed by atoms with van der Waals surface area (Å²) in [5.74, 6) is -0.253. The minimum absolute atomic E-state index is 0.104. The molecule has 0 fully saturated rings. The third-order valence-corrected chi connectivity index (χ3v) is 3.11. The summed E-state index contributed by atoms with van der Waals surface area (Å²) >= 11 is 3.33. The Morgan fingerprint density at radius 2 is 2.00 bits per heavy atom. The Morgan fingerprint density at radius 3 is 2.64 bits per heavy atom. The SMILES string of the molecule is CCOCC(=O)NNC(=O)c1ccc(OCCOC)c(Br)c1.